The van der Waals surface area contributed by atoms with Gasteiger partial charge in [-0.05, 0) is 42.3 Å². The van der Waals surface area contributed by atoms with Gasteiger partial charge in [0, 0.05) is 31.0 Å². The number of benzene rings is 2. The third-order valence-electron chi connectivity index (χ3n) is 4.50. The number of hydrogen-bond donors (Lipinski definition) is 3. The van der Waals surface area contributed by atoms with Gasteiger partial charge in [0.05, 0.1) is 18.8 Å². The number of carbonyl (C=O) groups is 2. The van der Waals surface area contributed by atoms with Crippen LogP contribution < -0.4 is 15.5 Å². The van der Waals surface area contributed by atoms with E-state index in [0.717, 1.165) is 35.6 Å². The molecule has 0 unspecified atom stereocenters. The Kier molecular flexibility index (Phi) is 5.93. The summed E-state index contributed by atoms with van der Waals surface area (Å²) in [7, 11) is 0. The molecule has 0 atom stereocenters. The van der Waals surface area contributed by atoms with Gasteiger partial charge in [-0.1, -0.05) is 18.2 Å². The monoisotopic (exact) mass is 369 g/mol. The number of urea groups is 1. The van der Waals surface area contributed by atoms with E-state index in [2.05, 4.69) is 15.5 Å². The standard InChI is InChI=1S/C20H23N3O4/c1-14-2-7-17(23-8-10-27-11-9-23)12-18(14)22-20(26)21-13-15-3-5-16(6-4-15)19(24)25/h2-7,12H,8-11,13H2,1H3,(H,24,25)(H2,21,22,26). The minimum absolute atomic E-state index is 0.221. The molecule has 2 aromatic rings. The molecule has 1 heterocycles. The van der Waals surface area contributed by atoms with E-state index in [1.54, 1.807) is 12.1 Å². The van der Waals surface area contributed by atoms with Gasteiger partial charge >= 0.3 is 12.0 Å². The molecule has 3 rings (SSSR count). The van der Waals surface area contributed by atoms with Crippen LogP contribution >= 0.6 is 0 Å². The molecule has 0 spiro atoms. The quantitative estimate of drug-likeness (QED) is 0.754. The number of nitrogens with zero attached hydrogens (tertiary/aromatic N) is 1. The Morgan fingerprint density at radius 1 is 1.11 bits per heavy atom. The Hall–Kier alpha value is -3.06. The maximum absolute atomic E-state index is 12.3. The van der Waals surface area contributed by atoms with Crippen LogP contribution in [0.5, 0.6) is 0 Å². The number of carboxylic acid groups (broad SMARTS) is 1. The molecule has 142 valence electrons. The highest BCUT2D eigenvalue weighted by Crippen LogP contribution is 2.24. The maximum Gasteiger partial charge on any atom is 0.335 e. The SMILES string of the molecule is Cc1ccc(N2CCOCC2)cc1NC(=O)NCc1ccc(C(=O)O)cc1. The molecule has 2 amide bonds. The van der Waals surface area contributed by atoms with Gasteiger partial charge in [-0.3, -0.25) is 0 Å². The van der Waals surface area contributed by atoms with Crippen molar-refractivity contribution in [1.82, 2.24) is 5.32 Å². The van der Waals surface area contributed by atoms with Crippen molar-refractivity contribution < 1.29 is 19.4 Å². The summed E-state index contributed by atoms with van der Waals surface area (Å²) >= 11 is 0. The van der Waals surface area contributed by atoms with E-state index < -0.39 is 5.97 Å². The molecule has 27 heavy (non-hydrogen) atoms. The molecule has 0 aromatic heterocycles. The highest BCUT2D eigenvalue weighted by molar-refractivity contribution is 5.91. The highest BCUT2D eigenvalue weighted by atomic mass is 16.5. The Labute approximate surface area is 157 Å². The molecule has 7 heteroatoms. The number of anilines is 2. The van der Waals surface area contributed by atoms with E-state index in [1.807, 2.05) is 25.1 Å². The molecule has 0 radical (unpaired) electrons. The predicted molar refractivity (Wildman–Crippen MR) is 103 cm³/mol. The minimum atomic E-state index is -0.970. The van der Waals surface area contributed by atoms with Crippen molar-refractivity contribution in [2.24, 2.45) is 0 Å². The first-order valence-electron chi connectivity index (χ1n) is 8.83. The van der Waals surface area contributed by atoms with Crippen molar-refractivity contribution in [2.45, 2.75) is 13.5 Å². The molecular weight excluding hydrogens is 346 g/mol. The molecule has 0 aliphatic carbocycles. The molecule has 7 nitrogen and oxygen atoms in total. The van der Waals surface area contributed by atoms with Crippen LogP contribution in [-0.2, 0) is 11.3 Å². The Morgan fingerprint density at radius 2 is 1.81 bits per heavy atom. The Morgan fingerprint density at radius 3 is 2.48 bits per heavy atom. The second-order valence-electron chi connectivity index (χ2n) is 6.41. The summed E-state index contributed by atoms with van der Waals surface area (Å²) in [6.07, 6.45) is 0. The smallest absolute Gasteiger partial charge is 0.335 e. The van der Waals surface area contributed by atoms with E-state index in [-0.39, 0.29) is 11.6 Å². The first-order chi connectivity index (χ1) is 13.0. The molecular formula is C20H23N3O4. The highest BCUT2D eigenvalue weighted by Gasteiger charge is 2.13. The Bertz CT molecular complexity index is 814. The molecule has 1 aliphatic rings. The number of morpholine rings is 1. The van der Waals surface area contributed by atoms with Crippen LogP contribution in [0.4, 0.5) is 16.2 Å². The van der Waals surface area contributed by atoms with Gasteiger partial charge in [-0.2, -0.15) is 0 Å². The van der Waals surface area contributed by atoms with Crippen molar-refractivity contribution in [2.75, 3.05) is 36.5 Å². The largest absolute Gasteiger partial charge is 0.478 e. The van der Waals surface area contributed by atoms with Crippen molar-refractivity contribution >= 4 is 23.4 Å². The van der Waals surface area contributed by atoms with Crippen molar-refractivity contribution in [3.8, 4) is 0 Å². The second-order valence-corrected chi connectivity index (χ2v) is 6.41. The number of ether oxygens (including phenoxy) is 1. The number of aryl methyl sites for hydroxylation is 1. The first kappa shape index (κ1) is 18.7. The van der Waals surface area contributed by atoms with Gasteiger partial charge in [-0.15, -0.1) is 0 Å². The second kappa shape index (κ2) is 8.55. The summed E-state index contributed by atoms with van der Waals surface area (Å²) in [6, 6.07) is 12.1. The van der Waals surface area contributed by atoms with Gasteiger partial charge < -0.3 is 25.4 Å². The number of carbonyl (C=O) groups excluding carboxylic acids is 1. The summed E-state index contributed by atoms with van der Waals surface area (Å²) in [6.45, 7) is 5.34. The molecule has 1 saturated heterocycles. The van der Waals surface area contributed by atoms with Gasteiger partial charge in [-0.25, -0.2) is 9.59 Å². The number of carboxylic acids is 1. The van der Waals surface area contributed by atoms with Crippen LogP contribution in [0.25, 0.3) is 0 Å². The minimum Gasteiger partial charge on any atom is -0.478 e. The lowest BCUT2D eigenvalue weighted by Gasteiger charge is -2.29. The van der Waals surface area contributed by atoms with E-state index in [0.29, 0.717) is 19.8 Å². The van der Waals surface area contributed by atoms with Crippen LogP contribution in [0, 0.1) is 6.92 Å². The van der Waals surface area contributed by atoms with Crippen molar-refractivity contribution in [1.29, 1.82) is 0 Å². The van der Waals surface area contributed by atoms with Gasteiger partial charge in [0.15, 0.2) is 0 Å². The average Bonchev–Trinajstić information content (AvgIpc) is 2.69. The van der Waals surface area contributed by atoms with Gasteiger partial charge in [0.1, 0.15) is 0 Å². The van der Waals surface area contributed by atoms with Crippen LogP contribution in [0.15, 0.2) is 42.5 Å². The summed E-state index contributed by atoms with van der Waals surface area (Å²) < 4.78 is 5.38. The van der Waals surface area contributed by atoms with E-state index >= 15 is 0 Å². The molecule has 1 fully saturated rings. The van der Waals surface area contributed by atoms with E-state index in [9.17, 15) is 9.59 Å². The lowest BCUT2D eigenvalue weighted by Crippen LogP contribution is -2.36. The van der Waals surface area contributed by atoms with Gasteiger partial charge in [0.2, 0.25) is 0 Å². The molecule has 1 aliphatic heterocycles. The fourth-order valence-electron chi connectivity index (χ4n) is 2.88. The number of nitrogens with one attached hydrogen (secondary N) is 2. The Balaban J connectivity index is 1.59. The molecule has 3 N–H and O–H groups in total. The van der Waals surface area contributed by atoms with Crippen LogP contribution in [0.1, 0.15) is 21.5 Å². The van der Waals surface area contributed by atoms with Crippen molar-refractivity contribution in [3.05, 3.63) is 59.2 Å². The lowest BCUT2D eigenvalue weighted by molar-refractivity contribution is 0.0697. The number of aromatic carboxylic acids is 1. The third-order valence-corrected chi connectivity index (χ3v) is 4.50. The number of rotatable bonds is 5. The number of hydrogen-bond acceptors (Lipinski definition) is 4. The predicted octanol–water partition coefficient (Wildman–Crippen LogP) is 2.85. The zero-order valence-electron chi connectivity index (χ0n) is 15.2. The van der Waals surface area contributed by atoms with E-state index in [4.69, 9.17) is 9.84 Å². The lowest BCUT2D eigenvalue weighted by atomic mass is 10.1. The zero-order chi connectivity index (χ0) is 19.2. The maximum atomic E-state index is 12.3. The summed E-state index contributed by atoms with van der Waals surface area (Å²) in [5.74, 6) is -0.970. The fourth-order valence-corrected chi connectivity index (χ4v) is 2.88. The van der Waals surface area contributed by atoms with Gasteiger partial charge in [0.25, 0.3) is 0 Å². The molecule has 2 aromatic carbocycles. The number of amides is 2. The van der Waals surface area contributed by atoms with Crippen LogP contribution in [0.2, 0.25) is 0 Å². The average molecular weight is 369 g/mol. The summed E-state index contributed by atoms with van der Waals surface area (Å²) in [4.78, 5) is 25.3. The fraction of sp³-hybridized carbons (Fsp3) is 0.300. The van der Waals surface area contributed by atoms with Crippen LogP contribution in [-0.4, -0.2) is 43.4 Å². The summed E-state index contributed by atoms with van der Waals surface area (Å²) in [5, 5.41) is 14.6. The zero-order valence-corrected chi connectivity index (χ0v) is 15.2. The topological polar surface area (TPSA) is 90.9 Å². The summed E-state index contributed by atoms with van der Waals surface area (Å²) in [5.41, 5.74) is 3.85. The first-order valence-corrected chi connectivity index (χ1v) is 8.83. The third kappa shape index (κ3) is 4.98. The van der Waals surface area contributed by atoms with Crippen LogP contribution in [0.3, 0.4) is 0 Å². The van der Waals surface area contributed by atoms with Crippen molar-refractivity contribution in [3.63, 3.8) is 0 Å². The normalized spacial score (nSPS) is 13.9. The van der Waals surface area contributed by atoms with E-state index in [1.165, 1.54) is 12.1 Å². The molecule has 0 bridgehead atoms. The molecule has 0 saturated carbocycles.